The quantitative estimate of drug-likeness (QED) is 0.680. The second-order valence-corrected chi connectivity index (χ2v) is 4.08. The lowest BCUT2D eigenvalue weighted by Crippen LogP contribution is -2.23. The van der Waals surface area contributed by atoms with E-state index in [1.807, 2.05) is 0 Å². The number of anilines is 1. The van der Waals surface area contributed by atoms with Gasteiger partial charge in [-0.3, -0.25) is 0 Å². The highest BCUT2D eigenvalue weighted by atomic mass is 32.1. The Bertz CT molecular complexity index is 216. The number of hydrogen-bond acceptors (Lipinski definition) is 3. The van der Waals surface area contributed by atoms with E-state index in [1.165, 1.54) is 17.8 Å². The van der Waals surface area contributed by atoms with Gasteiger partial charge in [-0.15, -0.1) is 11.3 Å². The van der Waals surface area contributed by atoms with E-state index in [0.717, 1.165) is 19.1 Å². The average Bonchev–Trinajstić information content (AvgIpc) is 2.76. The van der Waals surface area contributed by atoms with E-state index < -0.39 is 0 Å². The SMILES string of the molecule is c1csc(NCCNC2CC2)c1. The molecule has 12 heavy (non-hydrogen) atoms. The minimum atomic E-state index is 0.829. The summed E-state index contributed by atoms with van der Waals surface area (Å²) in [6.07, 6.45) is 2.75. The molecule has 1 aliphatic rings. The molecule has 1 saturated carbocycles. The van der Waals surface area contributed by atoms with Gasteiger partial charge in [0, 0.05) is 19.1 Å². The van der Waals surface area contributed by atoms with Gasteiger partial charge in [-0.2, -0.15) is 0 Å². The van der Waals surface area contributed by atoms with Crippen LogP contribution in [0.2, 0.25) is 0 Å². The van der Waals surface area contributed by atoms with Crippen molar-refractivity contribution in [3.8, 4) is 0 Å². The lowest BCUT2D eigenvalue weighted by atomic mass is 10.5. The molecule has 1 aromatic rings. The molecule has 0 bridgehead atoms. The Morgan fingerprint density at radius 1 is 1.42 bits per heavy atom. The van der Waals surface area contributed by atoms with Crippen LogP contribution in [0.4, 0.5) is 5.00 Å². The highest BCUT2D eigenvalue weighted by Gasteiger charge is 2.19. The van der Waals surface area contributed by atoms with E-state index in [1.54, 1.807) is 11.3 Å². The van der Waals surface area contributed by atoms with Gasteiger partial charge in [0.15, 0.2) is 0 Å². The summed E-state index contributed by atoms with van der Waals surface area (Å²) in [5, 5.41) is 10.2. The Balaban J connectivity index is 1.56. The molecule has 2 nitrogen and oxygen atoms in total. The highest BCUT2D eigenvalue weighted by molar-refractivity contribution is 7.14. The van der Waals surface area contributed by atoms with Crippen molar-refractivity contribution in [1.29, 1.82) is 0 Å². The minimum Gasteiger partial charge on any atom is -0.376 e. The van der Waals surface area contributed by atoms with E-state index in [4.69, 9.17) is 0 Å². The molecular formula is C9H14N2S. The van der Waals surface area contributed by atoms with Crippen LogP contribution in [0.1, 0.15) is 12.8 Å². The van der Waals surface area contributed by atoms with E-state index in [0.29, 0.717) is 0 Å². The van der Waals surface area contributed by atoms with Gasteiger partial charge >= 0.3 is 0 Å². The number of rotatable bonds is 5. The molecule has 1 fully saturated rings. The molecule has 0 radical (unpaired) electrons. The third-order valence-electron chi connectivity index (χ3n) is 1.96. The van der Waals surface area contributed by atoms with Crippen molar-refractivity contribution < 1.29 is 0 Å². The molecule has 0 atom stereocenters. The first kappa shape index (κ1) is 8.08. The summed E-state index contributed by atoms with van der Waals surface area (Å²) in [6, 6.07) is 5.01. The smallest absolute Gasteiger partial charge is 0.0882 e. The summed E-state index contributed by atoms with van der Waals surface area (Å²) >= 11 is 1.76. The van der Waals surface area contributed by atoms with Gasteiger partial charge in [-0.05, 0) is 30.4 Å². The minimum absolute atomic E-state index is 0.829. The second kappa shape index (κ2) is 3.92. The molecule has 2 N–H and O–H groups in total. The van der Waals surface area contributed by atoms with E-state index in [9.17, 15) is 0 Å². The maximum atomic E-state index is 3.46. The standard InChI is InChI=1S/C9H14N2S/c1-2-9(12-7-1)11-6-5-10-8-3-4-8/h1-2,7-8,10-11H,3-6H2. The summed E-state index contributed by atoms with van der Waals surface area (Å²) in [4.78, 5) is 0. The number of nitrogens with one attached hydrogen (secondary N) is 2. The third kappa shape index (κ3) is 2.50. The number of thiophene rings is 1. The van der Waals surface area contributed by atoms with Crippen molar-refractivity contribution in [1.82, 2.24) is 5.32 Å². The molecular weight excluding hydrogens is 168 g/mol. The predicted molar refractivity (Wildman–Crippen MR) is 53.8 cm³/mol. The second-order valence-electron chi connectivity index (χ2n) is 3.13. The van der Waals surface area contributed by atoms with Gasteiger partial charge in [0.05, 0.1) is 5.00 Å². The summed E-state index contributed by atoms with van der Waals surface area (Å²) < 4.78 is 0. The van der Waals surface area contributed by atoms with Crippen molar-refractivity contribution in [2.75, 3.05) is 18.4 Å². The summed E-state index contributed by atoms with van der Waals surface area (Å²) in [5.41, 5.74) is 0. The van der Waals surface area contributed by atoms with Crippen LogP contribution < -0.4 is 10.6 Å². The molecule has 1 aromatic heterocycles. The Kier molecular flexibility index (Phi) is 2.64. The maximum Gasteiger partial charge on any atom is 0.0882 e. The normalized spacial score (nSPS) is 16.3. The van der Waals surface area contributed by atoms with Crippen molar-refractivity contribution in [3.63, 3.8) is 0 Å². The largest absolute Gasteiger partial charge is 0.376 e. The lowest BCUT2D eigenvalue weighted by molar-refractivity contribution is 0.702. The first-order valence-corrected chi connectivity index (χ1v) is 5.34. The van der Waals surface area contributed by atoms with E-state index >= 15 is 0 Å². The van der Waals surface area contributed by atoms with Gasteiger partial charge in [0.25, 0.3) is 0 Å². The van der Waals surface area contributed by atoms with E-state index in [2.05, 4.69) is 28.1 Å². The van der Waals surface area contributed by atoms with Crippen molar-refractivity contribution in [3.05, 3.63) is 17.5 Å². The zero-order chi connectivity index (χ0) is 8.23. The molecule has 0 aromatic carbocycles. The van der Waals surface area contributed by atoms with Crippen LogP contribution in [0.5, 0.6) is 0 Å². The van der Waals surface area contributed by atoms with Crippen molar-refractivity contribution in [2.45, 2.75) is 18.9 Å². The van der Waals surface area contributed by atoms with Crippen LogP contribution in [0.25, 0.3) is 0 Å². The fourth-order valence-corrected chi connectivity index (χ4v) is 1.77. The molecule has 0 unspecified atom stereocenters. The first-order valence-electron chi connectivity index (χ1n) is 4.46. The van der Waals surface area contributed by atoms with Gasteiger partial charge in [-0.25, -0.2) is 0 Å². The molecule has 3 heteroatoms. The van der Waals surface area contributed by atoms with Crippen LogP contribution in [-0.4, -0.2) is 19.1 Å². The molecule has 1 aliphatic carbocycles. The molecule has 1 heterocycles. The fraction of sp³-hybridized carbons (Fsp3) is 0.556. The van der Waals surface area contributed by atoms with Gasteiger partial charge in [-0.1, -0.05) is 0 Å². The van der Waals surface area contributed by atoms with Crippen LogP contribution in [0.3, 0.4) is 0 Å². The van der Waals surface area contributed by atoms with Crippen LogP contribution in [0.15, 0.2) is 17.5 Å². The zero-order valence-corrected chi connectivity index (χ0v) is 7.86. The Morgan fingerprint density at radius 3 is 3.00 bits per heavy atom. The maximum absolute atomic E-state index is 3.46. The zero-order valence-electron chi connectivity index (χ0n) is 7.05. The summed E-state index contributed by atoms with van der Waals surface area (Å²) in [5.74, 6) is 0. The average molecular weight is 182 g/mol. The lowest BCUT2D eigenvalue weighted by Gasteiger charge is -2.03. The van der Waals surface area contributed by atoms with Gasteiger partial charge < -0.3 is 10.6 Å². The van der Waals surface area contributed by atoms with Crippen LogP contribution >= 0.6 is 11.3 Å². The van der Waals surface area contributed by atoms with Gasteiger partial charge in [0.1, 0.15) is 0 Å². The highest BCUT2D eigenvalue weighted by Crippen LogP contribution is 2.18. The molecule has 0 aliphatic heterocycles. The molecule has 0 amide bonds. The third-order valence-corrected chi connectivity index (χ3v) is 2.78. The summed E-state index contributed by atoms with van der Waals surface area (Å²) in [6.45, 7) is 2.12. The summed E-state index contributed by atoms with van der Waals surface area (Å²) in [7, 11) is 0. The number of hydrogen-bond donors (Lipinski definition) is 2. The van der Waals surface area contributed by atoms with Crippen LogP contribution in [-0.2, 0) is 0 Å². The predicted octanol–water partition coefficient (Wildman–Crippen LogP) is 1.91. The van der Waals surface area contributed by atoms with E-state index in [-0.39, 0.29) is 0 Å². The van der Waals surface area contributed by atoms with Crippen molar-refractivity contribution >= 4 is 16.3 Å². The molecule has 0 spiro atoms. The van der Waals surface area contributed by atoms with Crippen molar-refractivity contribution in [2.24, 2.45) is 0 Å². The Hall–Kier alpha value is -0.540. The molecule has 0 saturated heterocycles. The Labute approximate surface area is 77.0 Å². The first-order chi connectivity index (χ1) is 5.95. The fourth-order valence-electron chi connectivity index (χ4n) is 1.13. The molecule has 2 rings (SSSR count). The molecule has 66 valence electrons. The van der Waals surface area contributed by atoms with Crippen LogP contribution in [0, 0.1) is 0 Å². The topological polar surface area (TPSA) is 24.1 Å². The Morgan fingerprint density at radius 2 is 2.33 bits per heavy atom. The van der Waals surface area contributed by atoms with Gasteiger partial charge in [0.2, 0.25) is 0 Å². The monoisotopic (exact) mass is 182 g/mol.